The zero-order valence-electron chi connectivity index (χ0n) is 5.05. The molecule has 0 heterocycles. The summed E-state index contributed by atoms with van der Waals surface area (Å²) in [5.74, 6) is 0. The zero-order valence-corrected chi connectivity index (χ0v) is 5.94. The Labute approximate surface area is 49.4 Å². The first-order valence-corrected chi connectivity index (χ1v) is 4.28. The Balaban J connectivity index is 3.91. The van der Waals surface area contributed by atoms with Crippen molar-refractivity contribution in [2.24, 2.45) is 0 Å². The molecule has 0 radical (unpaired) electrons. The van der Waals surface area contributed by atoms with Gasteiger partial charge in [-0.15, -0.1) is 0 Å². The van der Waals surface area contributed by atoms with Crippen molar-refractivity contribution in [3.05, 3.63) is 0 Å². The maximum Gasteiger partial charge on any atom is 0.313 e. The fourth-order valence-corrected chi connectivity index (χ4v) is 0.712. The van der Waals surface area contributed by atoms with Gasteiger partial charge >= 0.3 is 7.72 Å². The molecule has 0 saturated heterocycles. The number of hydrogen-bond donors (Lipinski definition) is 3. The molecule has 8 heavy (non-hydrogen) atoms. The van der Waals surface area contributed by atoms with Crippen molar-refractivity contribution in [2.75, 3.05) is 6.16 Å². The summed E-state index contributed by atoms with van der Waals surface area (Å²) >= 11 is 0. The van der Waals surface area contributed by atoms with E-state index in [0.29, 0.717) is 0 Å². The third kappa shape index (κ3) is 1.86. The lowest BCUT2D eigenvalue weighted by atomic mass is 10.9. The maximum absolute atomic E-state index is 8.84. The van der Waals surface area contributed by atoms with Crippen LogP contribution in [-0.4, -0.2) is 21.4 Å². The van der Waals surface area contributed by atoms with E-state index < -0.39 is 7.72 Å². The van der Waals surface area contributed by atoms with E-state index in [1.807, 2.05) is 0 Å². The molecule has 0 aromatic rings. The first kappa shape index (κ1) is 8.02. The molecule has 0 aliphatic heterocycles. The standard InChI is InChI=1S/C4H11NO2P/c1-3-8(6,7)4(2)5/h5-7H,3H2,1-2H3/q+1. The second-order valence-electron chi connectivity index (χ2n) is 1.63. The third-order valence-corrected chi connectivity index (χ3v) is 2.93. The molecule has 0 aromatic heterocycles. The first-order chi connectivity index (χ1) is 3.50. The topological polar surface area (TPSA) is 64.3 Å². The monoisotopic (exact) mass is 136 g/mol. The summed E-state index contributed by atoms with van der Waals surface area (Å²) in [6.45, 7) is 3.07. The van der Waals surface area contributed by atoms with Crippen molar-refractivity contribution >= 4 is 13.2 Å². The highest BCUT2D eigenvalue weighted by atomic mass is 31.2. The normalized spacial score (nSPS) is 11.5. The van der Waals surface area contributed by atoms with Gasteiger partial charge in [-0.05, 0) is 6.92 Å². The fraction of sp³-hybridized carbons (Fsp3) is 0.750. The van der Waals surface area contributed by atoms with E-state index in [1.165, 1.54) is 6.92 Å². The Bertz CT molecular complexity index is 102. The maximum atomic E-state index is 8.84. The van der Waals surface area contributed by atoms with Crippen LogP contribution in [0.3, 0.4) is 0 Å². The smallest absolute Gasteiger partial charge is 0.267 e. The van der Waals surface area contributed by atoms with E-state index in [1.54, 1.807) is 6.92 Å². The molecule has 0 amide bonds. The predicted octanol–water partition coefficient (Wildman–Crippen LogP) is 0.836. The van der Waals surface area contributed by atoms with Gasteiger partial charge in [-0.2, -0.15) is 0 Å². The van der Waals surface area contributed by atoms with E-state index >= 15 is 0 Å². The highest BCUT2D eigenvalue weighted by Crippen LogP contribution is 2.49. The molecule has 0 unspecified atom stereocenters. The van der Waals surface area contributed by atoms with Gasteiger partial charge in [0.2, 0.25) is 5.45 Å². The Hall–Kier alpha value is 0.0200. The quantitative estimate of drug-likeness (QED) is 0.389. The molecule has 0 aliphatic rings. The highest BCUT2D eigenvalue weighted by Gasteiger charge is 2.33. The molecule has 0 aliphatic carbocycles. The average Bonchev–Trinajstić information content (AvgIpc) is 1.67. The van der Waals surface area contributed by atoms with Crippen molar-refractivity contribution in [1.29, 1.82) is 5.41 Å². The first-order valence-electron chi connectivity index (χ1n) is 2.40. The van der Waals surface area contributed by atoms with Gasteiger partial charge in [-0.3, -0.25) is 5.41 Å². The summed E-state index contributed by atoms with van der Waals surface area (Å²) in [6.07, 6.45) is 0.280. The Morgan fingerprint density at radius 1 is 1.62 bits per heavy atom. The third-order valence-electron chi connectivity index (χ3n) is 0.978. The van der Waals surface area contributed by atoms with Crippen molar-refractivity contribution in [2.45, 2.75) is 13.8 Å². The van der Waals surface area contributed by atoms with Gasteiger partial charge in [0.1, 0.15) is 6.16 Å². The molecular formula is C4H11NO2P+. The van der Waals surface area contributed by atoms with Crippen molar-refractivity contribution in [1.82, 2.24) is 0 Å². The second-order valence-corrected chi connectivity index (χ2v) is 4.40. The van der Waals surface area contributed by atoms with E-state index in [0.717, 1.165) is 0 Å². The molecular weight excluding hydrogens is 125 g/mol. The van der Waals surface area contributed by atoms with Crippen LogP contribution >= 0.6 is 7.72 Å². The molecule has 0 fully saturated rings. The van der Waals surface area contributed by atoms with Gasteiger partial charge in [0, 0.05) is 6.92 Å². The predicted molar refractivity (Wildman–Crippen MR) is 35.3 cm³/mol. The lowest BCUT2D eigenvalue weighted by Crippen LogP contribution is -2.01. The van der Waals surface area contributed by atoms with Gasteiger partial charge in [-0.25, -0.2) is 9.79 Å². The Morgan fingerprint density at radius 2 is 2.00 bits per heavy atom. The molecule has 3 N–H and O–H groups in total. The molecule has 0 bridgehead atoms. The molecule has 0 aromatic carbocycles. The van der Waals surface area contributed by atoms with Crippen LogP contribution in [0.15, 0.2) is 0 Å². The molecule has 0 spiro atoms. The van der Waals surface area contributed by atoms with Crippen LogP contribution in [0, 0.1) is 5.41 Å². The number of hydrogen-bond acceptors (Lipinski definition) is 3. The van der Waals surface area contributed by atoms with Gasteiger partial charge in [0.15, 0.2) is 0 Å². The minimum atomic E-state index is -2.91. The summed E-state index contributed by atoms with van der Waals surface area (Å²) in [4.78, 5) is 17.7. The molecule has 0 atom stereocenters. The van der Waals surface area contributed by atoms with Crippen LogP contribution in [0.5, 0.6) is 0 Å². The van der Waals surface area contributed by atoms with E-state index in [4.69, 9.17) is 15.2 Å². The lowest BCUT2D eigenvalue weighted by molar-refractivity contribution is 0.469. The van der Waals surface area contributed by atoms with Gasteiger partial charge in [0.25, 0.3) is 0 Å². The van der Waals surface area contributed by atoms with Gasteiger partial charge in [-0.1, -0.05) is 0 Å². The van der Waals surface area contributed by atoms with E-state index in [2.05, 4.69) is 0 Å². The van der Waals surface area contributed by atoms with Crippen LogP contribution in [0.2, 0.25) is 0 Å². The average molecular weight is 136 g/mol. The highest BCUT2D eigenvalue weighted by molar-refractivity contribution is 7.81. The Morgan fingerprint density at radius 3 is 2.00 bits per heavy atom. The summed E-state index contributed by atoms with van der Waals surface area (Å²) in [7, 11) is -2.91. The summed E-state index contributed by atoms with van der Waals surface area (Å²) in [6, 6.07) is 0. The summed E-state index contributed by atoms with van der Waals surface area (Å²) in [5, 5.41) is 6.85. The van der Waals surface area contributed by atoms with Crippen molar-refractivity contribution in [3.63, 3.8) is 0 Å². The van der Waals surface area contributed by atoms with E-state index in [9.17, 15) is 0 Å². The molecule has 0 rings (SSSR count). The minimum absolute atomic E-state index is 0.000000000000000222. The van der Waals surface area contributed by atoms with Crippen LogP contribution in [0.4, 0.5) is 0 Å². The number of nitrogens with one attached hydrogen (secondary N) is 1. The van der Waals surface area contributed by atoms with Gasteiger partial charge in [0.05, 0.1) is 0 Å². The van der Waals surface area contributed by atoms with Crippen LogP contribution in [-0.2, 0) is 0 Å². The molecule has 48 valence electrons. The molecule has 3 nitrogen and oxygen atoms in total. The van der Waals surface area contributed by atoms with Gasteiger partial charge < -0.3 is 0 Å². The lowest BCUT2D eigenvalue weighted by Gasteiger charge is -2.05. The van der Waals surface area contributed by atoms with Crippen LogP contribution in [0.1, 0.15) is 13.8 Å². The zero-order chi connectivity index (χ0) is 6.78. The number of rotatable bonds is 2. The SMILES string of the molecule is CC[P+](O)(O)C(C)=N. The van der Waals surface area contributed by atoms with Crippen LogP contribution in [0.25, 0.3) is 0 Å². The van der Waals surface area contributed by atoms with E-state index in [-0.39, 0.29) is 11.6 Å². The second kappa shape index (κ2) is 2.53. The fourth-order valence-electron chi connectivity index (χ4n) is 0.237. The Kier molecular flexibility index (Phi) is 2.54. The van der Waals surface area contributed by atoms with Crippen molar-refractivity contribution < 1.29 is 9.79 Å². The summed E-state index contributed by atoms with van der Waals surface area (Å²) < 4.78 is 0. The largest absolute Gasteiger partial charge is 0.313 e. The molecule has 0 saturated carbocycles. The summed E-state index contributed by atoms with van der Waals surface area (Å²) in [5.41, 5.74) is 0.000000000000000222. The minimum Gasteiger partial charge on any atom is -0.267 e. The molecule has 4 heteroatoms. The van der Waals surface area contributed by atoms with Crippen LogP contribution < -0.4 is 0 Å². The van der Waals surface area contributed by atoms with Crippen molar-refractivity contribution in [3.8, 4) is 0 Å².